The molecular formula is C12H18ClN5. The van der Waals surface area contributed by atoms with E-state index in [4.69, 9.17) is 11.6 Å². The molecule has 0 saturated carbocycles. The number of nitrogens with zero attached hydrogens (tertiary/aromatic N) is 4. The van der Waals surface area contributed by atoms with E-state index in [1.807, 2.05) is 22.5 Å². The molecule has 0 aliphatic heterocycles. The molecular weight excluding hydrogens is 250 g/mol. The quantitative estimate of drug-likeness (QED) is 0.901. The molecule has 2 heterocycles. The number of rotatable bonds is 5. The smallest absolute Gasteiger partial charge is 0.0946 e. The summed E-state index contributed by atoms with van der Waals surface area (Å²) in [6.45, 7) is 5.77. The van der Waals surface area contributed by atoms with Gasteiger partial charge in [-0.3, -0.25) is 4.68 Å². The molecule has 6 heteroatoms. The van der Waals surface area contributed by atoms with Gasteiger partial charge in [-0.05, 0) is 13.5 Å². The number of nitrogens with one attached hydrogen (secondary N) is 1. The highest BCUT2D eigenvalue weighted by atomic mass is 35.5. The van der Waals surface area contributed by atoms with Gasteiger partial charge in [-0.25, -0.2) is 4.98 Å². The van der Waals surface area contributed by atoms with E-state index in [-0.39, 0.29) is 6.04 Å². The Morgan fingerprint density at radius 1 is 1.39 bits per heavy atom. The number of imidazole rings is 1. The third kappa shape index (κ3) is 2.28. The van der Waals surface area contributed by atoms with Gasteiger partial charge in [-0.2, -0.15) is 5.10 Å². The van der Waals surface area contributed by atoms with Gasteiger partial charge in [-0.15, -0.1) is 0 Å². The molecule has 0 aliphatic rings. The van der Waals surface area contributed by atoms with Gasteiger partial charge in [0.15, 0.2) is 0 Å². The van der Waals surface area contributed by atoms with Gasteiger partial charge in [-0.1, -0.05) is 18.5 Å². The maximum absolute atomic E-state index is 6.27. The molecule has 0 spiro atoms. The average molecular weight is 268 g/mol. The van der Waals surface area contributed by atoms with E-state index in [2.05, 4.69) is 29.2 Å². The average Bonchev–Trinajstić information content (AvgIpc) is 2.93. The third-order valence-corrected chi connectivity index (χ3v) is 3.26. The first kappa shape index (κ1) is 13.1. The first-order chi connectivity index (χ1) is 8.69. The van der Waals surface area contributed by atoms with Crippen molar-refractivity contribution >= 4 is 11.6 Å². The monoisotopic (exact) mass is 267 g/mol. The lowest BCUT2D eigenvalue weighted by Gasteiger charge is -2.20. The highest BCUT2D eigenvalue weighted by Gasteiger charge is 2.23. The number of halogens is 1. The molecule has 98 valence electrons. The van der Waals surface area contributed by atoms with Crippen molar-refractivity contribution in [1.82, 2.24) is 24.6 Å². The second-order valence-electron chi connectivity index (χ2n) is 4.11. The number of hydrogen-bond acceptors (Lipinski definition) is 3. The van der Waals surface area contributed by atoms with Crippen molar-refractivity contribution in [2.75, 3.05) is 6.54 Å². The Hall–Kier alpha value is -1.33. The molecule has 2 rings (SSSR count). The number of aromatic nitrogens is 4. The first-order valence-electron chi connectivity index (χ1n) is 6.09. The van der Waals surface area contributed by atoms with Crippen molar-refractivity contribution < 1.29 is 0 Å². The number of aryl methyl sites for hydroxylation is 2. The Morgan fingerprint density at radius 2 is 2.17 bits per heavy atom. The summed E-state index contributed by atoms with van der Waals surface area (Å²) in [4.78, 5) is 4.17. The van der Waals surface area contributed by atoms with E-state index in [0.717, 1.165) is 24.5 Å². The first-order valence-corrected chi connectivity index (χ1v) is 6.47. The van der Waals surface area contributed by atoms with Crippen molar-refractivity contribution in [3.05, 3.63) is 35.1 Å². The van der Waals surface area contributed by atoms with Gasteiger partial charge in [0.2, 0.25) is 0 Å². The van der Waals surface area contributed by atoms with Crippen LogP contribution in [0.4, 0.5) is 0 Å². The maximum Gasteiger partial charge on any atom is 0.0946 e. The molecule has 0 aliphatic carbocycles. The Bertz CT molecular complexity index is 516. The summed E-state index contributed by atoms with van der Waals surface area (Å²) in [7, 11) is 1.98. The Kier molecular flexibility index (Phi) is 4.04. The summed E-state index contributed by atoms with van der Waals surface area (Å²) >= 11 is 6.27. The van der Waals surface area contributed by atoms with Crippen molar-refractivity contribution in [3.63, 3.8) is 0 Å². The van der Waals surface area contributed by atoms with Crippen LogP contribution >= 0.6 is 11.6 Å². The fraction of sp³-hybridized carbons (Fsp3) is 0.500. The third-order valence-electron chi connectivity index (χ3n) is 2.96. The van der Waals surface area contributed by atoms with E-state index in [9.17, 15) is 0 Å². The Balaban J connectivity index is 2.47. The lowest BCUT2D eigenvalue weighted by molar-refractivity contribution is 0.524. The van der Waals surface area contributed by atoms with Crippen LogP contribution in [0, 0.1) is 0 Å². The lowest BCUT2D eigenvalue weighted by Crippen LogP contribution is -2.26. The Labute approximate surface area is 112 Å². The van der Waals surface area contributed by atoms with Crippen molar-refractivity contribution in [3.8, 4) is 0 Å². The van der Waals surface area contributed by atoms with Crippen molar-refractivity contribution in [2.24, 2.45) is 7.05 Å². The standard InChI is InChI=1S/C12H18ClN5/c1-4-15-11(10-7-14-8-17(10)3)12-9(13)6-16-18(12)5-2/h6-8,11,15H,4-5H2,1-3H3. The highest BCUT2D eigenvalue weighted by molar-refractivity contribution is 6.31. The van der Waals surface area contributed by atoms with Gasteiger partial charge in [0.25, 0.3) is 0 Å². The van der Waals surface area contributed by atoms with Gasteiger partial charge in [0.1, 0.15) is 0 Å². The summed E-state index contributed by atoms with van der Waals surface area (Å²) in [5.41, 5.74) is 2.07. The van der Waals surface area contributed by atoms with Crippen LogP contribution < -0.4 is 5.32 Å². The highest BCUT2D eigenvalue weighted by Crippen LogP contribution is 2.27. The lowest BCUT2D eigenvalue weighted by atomic mass is 10.1. The number of hydrogen-bond donors (Lipinski definition) is 1. The molecule has 18 heavy (non-hydrogen) atoms. The molecule has 0 bridgehead atoms. The minimum atomic E-state index is 0.0115. The van der Waals surface area contributed by atoms with E-state index >= 15 is 0 Å². The summed E-state index contributed by atoms with van der Waals surface area (Å²) in [6.07, 6.45) is 5.35. The van der Waals surface area contributed by atoms with Crippen molar-refractivity contribution in [1.29, 1.82) is 0 Å². The SMILES string of the molecule is CCNC(c1cncn1C)c1c(Cl)cnn1CC. The fourth-order valence-corrected chi connectivity index (χ4v) is 2.35. The van der Waals surface area contributed by atoms with Crippen LogP contribution in [0.5, 0.6) is 0 Å². The van der Waals surface area contributed by atoms with Crippen LogP contribution in [0.15, 0.2) is 18.7 Å². The molecule has 0 radical (unpaired) electrons. The minimum Gasteiger partial charge on any atom is -0.336 e. The molecule has 2 aromatic heterocycles. The predicted molar refractivity (Wildman–Crippen MR) is 71.6 cm³/mol. The van der Waals surface area contributed by atoms with E-state index < -0.39 is 0 Å². The van der Waals surface area contributed by atoms with Crippen LogP contribution in [0.1, 0.15) is 31.3 Å². The molecule has 1 atom stereocenters. The summed E-state index contributed by atoms with van der Waals surface area (Å²) in [5.74, 6) is 0. The van der Waals surface area contributed by atoms with Crippen molar-refractivity contribution in [2.45, 2.75) is 26.4 Å². The minimum absolute atomic E-state index is 0.0115. The molecule has 0 amide bonds. The predicted octanol–water partition coefficient (Wildman–Crippen LogP) is 1.99. The van der Waals surface area contributed by atoms with Crippen LogP contribution in [0.2, 0.25) is 5.02 Å². The van der Waals surface area contributed by atoms with Gasteiger partial charge >= 0.3 is 0 Å². The molecule has 1 N–H and O–H groups in total. The maximum atomic E-state index is 6.27. The summed E-state index contributed by atoms with van der Waals surface area (Å²) in [6, 6.07) is 0.0115. The van der Waals surface area contributed by atoms with Gasteiger partial charge in [0, 0.05) is 13.6 Å². The van der Waals surface area contributed by atoms with E-state index in [0.29, 0.717) is 5.02 Å². The molecule has 2 aromatic rings. The normalized spacial score (nSPS) is 12.9. The summed E-state index contributed by atoms with van der Waals surface area (Å²) < 4.78 is 3.92. The molecule has 1 unspecified atom stereocenters. The zero-order chi connectivity index (χ0) is 13.1. The zero-order valence-corrected chi connectivity index (χ0v) is 11.6. The van der Waals surface area contributed by atoms with Gasteiger partial charge in [0.05, 0.1) is 41.2 Å². The van der Waals surface area contributed by atoms with Gasteiger partial charge < -0.3 is 9.88 Å². The van der Waals surface area contributed by atoms with E-state index in [1.54, 1.807) is 12.5 Å². The van der Waals surface area contributed by atoms with Crippen LogP contribution in [0.3, 0.4) is 0 Å². The fourth-order valence-electron chi connectivity index (χ4n) is 2.10. The largest absolute Gasteiger partial charge is 0.336 e. The molecule has 0 saturated heterocycles. The summed E-state index contributed by atoms with van der Waals surface area (Å²) in [5, 5.41) is 8.41. The second-order valence-corrected chi connectivity index (χ2v) is 4.52. The van der Waals surface area contributed by atoms with E-state index in [1.165, 1.54) is 0 Å². The molecule has 5 nitrogen and oxygen atoms in total. The van der Waals surface area contributed by atoms with Crippen LogP contribution in [-0.4, -0.2) is 25.9 Å². The molecule has 0 fully saturated rings. The second kappa shape index (κ2) is 5.54. The van der Waals surface area contributed by atoms with Crippen LogP contribution in [0.25, 0.3) is 0 Å². The zero-order valence-electron chi connectivity index (χ0n) is 10.9. The van der Waals surface area contributed by atoms with Crippen LogP contribution in [-0.2, 0) is 13.6 Å². The molecule has 0 aromatic carbocycles. The Morgan fingerprint density at radius 3 is 2.72 bits per heavy atom. The topological polar surface area (TPSA) is 47.7 Å².